The maximum Gasteiger partial charge on any atom is 0.191 e. The van der Waals surface area contributed by atoms with E-state index in [4.69, 9.17) is 4.99 Å². The van der Waals surface area contributed by atoms with Crippen LogP contribution in [0.3, 0.4) is 0 Å². The van der Waals surface area contributed by atoms with Gasteiger partial charge in [-0.25, -0.2) is 0 Å². The molecular weight excluding hydrogens is 392 g/mol. The van der Waals surface area contributed by atoms with Crippen LogP contribution in [0.25, 0.3) is 0 Å². The Balaban J connectivity index is 1.62. The van der Waals surface area contributed by atoms with Gasteiger partial charge >= 0.3 is 0 Å². The number of piperazine rings is 1. The van der Waals surface area contributed by atoms with Crippen molar-refractivity contribution in [1.82, 2.24) is 25.3 Å². The van der Waals surface area contributed by atoms with Crippen molar-refractivity contribution in [2.45, 2.75) is 45.7 Å². The number of nitrogens with one attached hydrogen (secondary N) is 2. The highest BCUT2D eigenvalue weighted by atomic mass is 32.1. The van der Waals surface area contributed by atoms with Gasteiger partial charge in [-0.1, -0.05) is 19.9 Å². The second-order valence-corrected chi connectivity index (χ2v) is 10.0. The highest BCUT2D eigenvalue weighted by molar-refractivity contribution is 7.10. The van der Waals surface area contributed by atoms with Gasteiger partial charge in [0.25, 0.3) is 0 Å². The maximum atomic E-state index is 5.03. The number of guanidine groups is 1. The number of likely N-dealkylation sites (N-methyl/N-ethyl adjacent to an activating group) is 1. The molecule has 6 nitrogen and oxygen atoms in total. The summed E-state index contributed by atoms with van der Waals surface area (Å²) in [6.45, 7) is 16.5. The summed E-state index contributed by atoms with van der Waals surface area (Å²) in [5.74, 6) is 1.56. The van der Waals surface area contributed by atoms with Crippen LogP contribution < -0.4 is 10.6 Å². The highest BCUT2D eigenvalue weighted by Crippen LogP contribution is 2.27. The predicted octanol–water partition coefficient (Wildman–Crippen LogP) is 2.71. The van der Waals surface area contributed by atoms with Crippen molar-refractivity contribution in [3.63, 3.8) is 0 Å². The third-order valence-corrected chi connectivity index (χ3v) is 7.45. The summed E-state index contributed by atoms with van der Waals surface area (Å²) in [7, 11) is 2.22. The van der Waals surface area contributed by atoms with E-state index in [0.29, 0.717) is 18.0 Å². The van der Waals surface area contributed by atoms with Crippen LogP contribution in [0.2, 0.25) is 0 Å². The summed E-state index contributed by atoms with van der Waals surface area (Å²) in [6, 6.07) is 5.39. The molecule has 0 amide bonds. The SMILES string of the molecule is CCNC(=NCC(C(C)C)N1CCN(C)CC1)NCC(c1cccs1)N1CCCC1. The second kappa shape index (κ2) is 12.0. The quantitative estimate of drug-likeness (QED) is 0.462. The van der Waals surface area contributed by atoms with Gasteiger partial charge in [0.2, 0.25) is 0 Å². The zero-order valence-electron chi connectivity index (χ0n) is 19.4. The van der Waals surface area contributed by atoms with Crippen LogP contribution >= 0.6 is 11.3 Å². The van der Waals surface area contributed by atoms with Gasteiger partial charge in [0.1, 0.15) is 0 Å². The normalized spacial score (nSPS) is 21.8. The van der Waals surface area contributed by atoms with E-state index in [9.17, 15) is 0 Å². The fourth-order valence-electron chi connectivity index (χ4n) is 4.57. The molecule has 2 saturated heterocycles. The fraction of sp³-hybridized carbons (Fsp3) is 0.783. The second-order valence-electron chi connectivity index (χ2n) is 9.03. The Bertz CT molecular complexity index is 618. The average molecular weight is 435 g/mol. The minimum absolute atomic E-state index is 0.440. The minimum atomic E-state index is 0.440. The van der Waals surface area contributed by atoms with E-state index in [-0.39, 0.29) is 0 Å². The average Bonchev–Trinajstić information content (AvgIpc) is 3.44. The third kappa shape index (κ3) is 6.67. The maximum absolute atomic E-state index is 5.03. The molecule has 0 bridgehead atoms. The van der Waals surface area contributed by atoms with Crippen LogP contribution in [0.5, 0.6) is 0 Å². The van der Waals surface area contributed by atoms with E-state index in [1.807, 2.05) is 11.3 Å². The molecule has 0 radical (unpaired) electrons. The first-order valence-electron chi connectivity index (χ1n) is 11.8. The van der Waals surface area contributed by atoms with Crippen molar-refractivity contribution < 1.29 is 0 Å². The minimum Gasteiger partial charge on any atom is -0.357 e. The van der Waals surface area contributed by atoms with Crippen molar-refractivity contribution in [2.24, 2.45) is 10.9 Å². The van der Waals surface area contributed by atoms with E-state index < -0.39 is 0 Å². The number of rotatable bonds is 9. The molecule has 1 aromatic rings. The van der Waals surface area contributed by atoms with Gasteiger partial charge in [0.05, 0.1) is 12.6 Å². The molecule has 2 aliphatic rings. The zero-order chi connectivity index (χ0) is 21.3. The Morgan fingerprint density at radius 1 is 1.07 bits per heavy atom. The zero-order valence-corrected chi connectivity index (χ0v) is 20.3. The van der Waals surface area contributed by atoms with Crippen molar-refractivity contribution in [1.29, 1.82) is 0 Å². The molecule has 2 N–H and O–H groups in total. The molecule has 7 heteroatoms. The number of thiophene rings is 1. The van der Waals surface area contributed by atoms with Crippen LogP contribution in [0, 0.1) is 5.92 Å². The van der Waals surface area contributed by atoms with Gasteiger partial charge in [0, 0.05) is 50.2 Å². The van der Waals surface area contributed by atoms with Crippen LogP contribution in [0.15, 0.2) is 22.5 Å². The van der Waals surface area contributed by atoms with E-state index in [1.54, 1.807) is 0 Å². The first kappa shape index (κ1) is 23.5. The van der Waals surface area contributed by atoms with Gasteiger partial charge in [-0.05, 0) is 57.3 Å². The Labute approximate surface area is 187 Å². The standard InChI is InChI=1S/C23H42N6S/c1-5-24-23(25-17-20(19(2)3)29-14-12-27(4)13-15-29)26-18-21(22-9-8-16-30-22)28-10-6-7-11-28/h8-9,16,19-21H,5-7,10-15,17-18H2,1-4H3,(H2,24,25,26). The first-order chi connectivity index (χ1) is 14.6. The molecule has 1 aromatic heterocycles. The van der Waals surface area contributed by atoms with E-state index in [0.717, 1.165) is 51.8 Å². The Morgan fingerprint density at radius 3 is 2.40 bits per heavy atom. The van der Waals surface area contributed by atoms with Crippen LogP contribution in [-0.4, -0.2) is 92.7 Å². The third-order valence-electron chi connectivity index (χ3n) is 6.47. The summed E-state index contributed by atoms with van der Waals surface area (Å²) in [5, 5.41) is 9.34. The molecule has 170 valence electrons. The molecule has 0 aromatic carbocycles. The summed E-state index contributed by atoms with van der Waals surface area (Å²) in [4.78, 5) is 14.2. The summed E-state index contributed by atoms with van der Waals surface area (Å²) < 4.78 is 0. The largest absolute Gasteiger partial charge is 0.357 e. The molecule has 2 unspecified atom stereocenters. The van der Waals surface area contributed by atoms with E-state index >= 15 is 0 Å². The smallest absolute Gasteiger partial charge is 0.191 e. The summed E-state index contributed by atoms with van der Waals surface area (Å²) >= 11 is 1.87. The monoisotopic (exact) mass is 434 g/mol. The molecule has 2 fully saturated rings. The van der Waals surface area contributed by atoms with Crippen molar-refractivity contribution in [3.05, 3.63) is 22.4 Å². The van der Waals surface area contributed by atoms with Crippen molar-refractivity contribution >= 4 is 17.3 Å². The lowest BCUT2D eigenvalue weighted by molar-refractivity contribution is 0.0925. The number of likely N-dealkylation sites (tertiary alicyclic amines) is 1. The Hall–Kier alpha value is -1.15. The molecule has 0 saturated carbocycles. The van der Waals surface area contributed by atoms with Gasteiger partial charge < -0.3 is 15.5 Å². The van der Waals surface area contributed by atoms with E-state index in [1.165, 1.54) is 30.8 Å². The summed E-state index contributed by atoms with van der Waals surface area (Å²) in [6.07, 6.45) is 2.63. The highest BCUT2D eigenvalue weighted by Gasteiger charge is 2.26. The van der Waals surface area contributed by atoms with Gasteiger partial charge in [-0.3, -0.25) is 14.8 Å². The van der Waals surface area contributed by atoms with Gasteiger partial charge in [-0.2, -0.15) is 0 Å². The number of hydrogen-bond acceptors (Lipinski definition) is 5. The van der Waals surface area contributed by atoms with E-state index in [2.05, 4.69) is 70.7 Å². The molecule has 0 spiro atoms. The van der Waals surface area contributed by atoms with Crippen molar-refractivity contribution in [3.8, 4) is 0 Å². The molecule has 30 heavy (non-hydrogen) atoms. The van der Waals surface area contributed by atoms with Crippen LogP contribution in [0.1, 0.15) is 44.5 Å². The molecule has 2 atom stereocenters. The van der Waals surface area contributed by atoms with Crippen molar-refractivity contribution in [2.75, 3.05) is 66.0 Å². The Kier molecular flexibility index (Phi) is 9.43. The molecule has 3 rings (SSSR count). The molecule has 2 aliphatic heterocycles. The van der Waals surface area contributed by atoms with Crippen LogP contribution in [-0.2, 0) is 0 Å². The fourth-order valence-corrected chi connectivity index (χ4v) is 5.43. The van der Waals surface area contributed by atoms with Gasteiger partial charge in [-0.15, -0.1) is 11.3 Å². The molecular formula is C23H42N6S. The first-order valence-corrected chi connectivity index (χ1v) is 12.7. The lowest BCUT2D eigenvalue weighted by Crippen LogP contribution is -2.52. The lowest BCUT2D eigenvalue weighted by Gasteiger charge is -2.39. The lowest BCUT2D eigenvalue weighted by atomic mass is 10.0. The van der Waals surface area contributed by atoms with Gasteiger partial charge in [0.15, 0.2) is 5.96 Å². The summed E-state index contributed by atoms with van der Waals surface area (Å²) in [5.41, 5.74) is 0. The number of nitrogens with zero attached hydrogens (tertiary/aromatic N) is 4. The predicted molar refractivity (Wildman–Crippen MR) is 130 cm³/mol. The number of hydrogen-bond donors (Lipinski definition) is 2. The number of aliphatic imine (C=N–C) groups is 1. The van der Waals surface area contributed by atoms with Crippen LogP contribution in [0.4, 0.5) is 0 Å². The topological polar surface area (TPSA) is 46.1 Å². The Morgan fingerprint density at radius 2 is 1.80 bits per heavy atom. The molecule has 0 aliphatic carbocycles. The molecule has 3 heterocycles.